The molecule has 492 valence electrons. The van der Waals surface area contributed by atoms with Gasteiger partial charge in [0.25, 0.3) is 0 Å². The van der Waals surface area contributed by atoms with Gasteiger partial charge in [0.15, 0.2) is 6.23 Å². The van der Waals surface area contributed by atoms with Gasteiger partial charge < -0.3 is 69.4 Å². The Morgan fingerprint density at radius 2 is 1.39 bits per heavy atom. The molecule has 2 saturated heterocycles. The average Bonchev–Trinajstić information content (AvgIpc) is 1.52. The van der Waals surface area contributed by atoms with Gasteiger partial charge in [-0.1, -0.05) is 34.6 Å². The number of carbonyl (C=O) groups excluding carboxylic acids is 7. The maximum atomic E-state index is 14.5. The second kappa shape index (κ2) is 25.6. The van der Waals surface area contributed by atoms with Gasteiger partial charge in [-0.2, -0.15) is 0 Å². The van der Waals surface area contributed by atoms with Gasteiger partial charge in [0.05, 0.1) is 41.7 Å². The van der Waals surface area contributed by atoms with E-state index in [0.717, 1.165) is 11.1 Å². The zero-order valence-electron chi connectivity index (χ0n) is 53.3. The molecular weight excluding hydrogens is 1180 g/mol. The Morgan fingerprint density at radius 1 is 0.800 bits per heavy atom. The van der Waals surface area contributed by atoms with Crippen LogP contribution in [0.2, 0.25) is 0 Å². The number of hydrogen-bond acceptors (Lipinski definition) is 18. The molecule has 28 heteroatoms. The molecule has 17 N–H and O–H groups in total. The first-order valence-electron chi connectivity index (χ1n) is 30.6. The molecule has 27 nitrogen and oxygen atoms in total. The number of phosphoric ester groups is 1. The van der Waals surface area contributed by atoms with Gasteiger partial charge in [0.2, 0.25) is 41.4 Å². The van der Waals surface area contributed by atoms with Crippen LogP contribution in [-0.4, -0.2) is 132 Å². The van der Waals surface area contributed by atoms with Crippen molar-refractivity contribution in [1.29, 1.82) is 0 Å². The number of aliphatic imine (C=N–C) groups is 3. The van der Waals surface area contributed by atoms with E-state index in [1.165, 1.54) is 13.3 Å². The maximum absolute atomic E-state index is 14.5. The number of aliphatic hydroxyl groups is 2. The number of phosphoric acid groups is 1. The molecule has 8 rings (SSSR count). The van der Waals surface area contributed by atoms with Crippen LogP contribution < -0.4 is 45.0 Å². The highest BCUT2D eigenvalue weighted by molar-refractivity contribution is 7.47. The van der Waals surface area contributed by atoms with Gasteiger partial charge in [0, 0.05) is 131 Å². The summed E-state index contributed by atoms with van der Waals surface area (Å²) in [6.45, 7) is 19.2. The molecule has 3 unspecified atom stereocenters. The minimum absolute atomic E-state index is 0.0221. The molecule has 1 aromatic heterocycles. The summed E-state index contributed by atoms with van der Waals surface area (Å²) in [6.07, 6.45) is -4.58. The zero-order valence-corrected chi connectivity index (χ0v) is 54.1. The van der Waals surface area contributed by atoms with Crippen molar-refractivity contribution in [3.05, 3.63) is 63.9 Å². The van der Waals surface area contributed by atoms with Crippen LogP contribution in [0.3, 0.4) is 0 Å². The van der Waals surface area contributed by atoms with Gasteiger partial charge in [-0.15, -0.1) is 0 Å². The lowest BCUT2D eigenvalue weighted by molar-refractivity contribution is -0.126. The number of aromatic nitrogens is 2. The van der Waals surface area contributed by atoms with Gasteiger partial charge in [-0.3, -0.25) is 57.6 Å². The molecule has 0 saturated carbocycles. The highest BCUT2D eigenvalue weighted by Gasteiger charge is 2.68. The van der Waals surface area contributed by atoms with E-state index in [-0.39, 0.29) is 77.2 Å². The van der Waals surface area contributed by atoms with Crippen LogP contribution in [0.1, 0.15) is 150 Å². The van der Waals surface area contributed by atoms with E-state index in [4.69, 9.17) is 63.2 Å². The molecule has 2 fully saturated rings. The lowest BCUT2D eigenvalue weighted by atomic mass is 9.53. The van der Waals surface area contributed by atoms with E-state index >= 15 is 0 Å². The third-order valence-corrected chi connectivity index (χ3v) is 21.8. The minimum atomic E-state index is -5.09. The molecule has 2 aromatic rings. The first kappa shape index (κ1) is 68.9. The fraction of sp³-hybridized carbons (Fsp3) is 0.629. The maximum Gasteiger partial charge on any atom is 0.472 e. The van der Waals surface area contributed by atoms with Crippen LogP contribution in [0.5, 0.6) is 0 Å². The smallest absolute Gasteiger partial charge is 0.394 e. The number of nitrogens with two attached hydrogens (primary N) is 6. The number of nitrogens with zero attached hydrogens (tertiary/aromatic N) is 5. The number of benzene rings is 1. The average molecular weight is 1270 g/mol. The van der Waals surface area contributed by atoms with Gasteiger partial charge in [0.1, 0.15) is 18.3 Å². The number of carbonyl (C=O) groups is 7. The van der Waals surface area contributed by atoms with Crippen LogP contribution in [0.25, 0.3) is 11.0 Å². The van der Waals surface area contributed by atoms with Crippen molar-refractivity contribution < 1.29 is 67.0 Å². The van der Waals surface area contributed by atoms with Crippen LogP contribution >= 0.6 is 7.82 Å². The normalized spacial score (nSPS) is 32.8. The first-order valence-corrected chi connectivity index (χ1v) is 32.1. The Hall–Kier alpha value is -7.00. The van der Waals surface area contributed by atoms with Crippen LogP contribution in [0.4, 0.5) is 0 Å². The number of aryl methyl sites for hydroxylation is 2. The number of hydrogen-bond donors (Lipinski definition) is 11. The number of allylic oxidation sites excluding steroid dienone is 6. The second-order valence-corrected chi connectivity index (χ2v) is 28.3. The number of nitrogens with one attached hydrogen (secondary N) is 2. The molecular formula is C62H90N13O14P. The Balaban J connectivity index is 1.20. The molecule has 6 aliphatic rings. The van der Waals surface area contributed by atoms with Crippen molar-refractivity contribution in [2.75, 3.05) is 13.2 Å². The third kappa shape index (κ3) is 12.8. The summed E-state index contributed by atoms with van der Waals surface area (Å²) < 4.78 is 32.3. The van der Waals surface area contributed by atoms with Crippen molar-refractivity contribution >= 4 is 77.3 Å². The Labute approximate surface area is 523 Å². The van der Waals surface area contributed by atoms with Crippen molar-refractivity contribution in [3.63, 3.8) is 0 Å². The lowest BCUT2D eigenvalue weighted by Gasteiger charge is -2.51. The van der Waals surface area contributed by atoms with E-state index in [9.17, 15) is 53.2 Å². The van der Waals surface area contributed by atoms with Crippen LogP contribution in [0.15, 0.2) is 67.8 Å². The summed E-state index contributed by atoms with van der Waals surface area (Å²) in [6, 6.07) is 2.60. The largest absolute Gasteiger partial charge is 0.472 e. The summed E-state index contributed by atoms with van der Waals surface area (Å²) in [7, 11) is -5.09. The molecule has 7 heterocycles. The quantitative estimate of drug-likeness (QED) is 0.0603. The summed E-state index contributed by atoms with van der Waals surface area (Å²) in [5.41, 5.74) is 37.3. The van der Waals surface area contributed by atoms with E-state index in [1.54, 1.807) is 11.5 Å². The number of rotatable bonds is 26. The molecule has 0 spiro atoms. The second-order valence-electron chi connectivity index (χ2n) is 27.0. The molecule has 8 bridgehead atoms. The van der Waals surface area contributed by atoms with Crippen molar-refractivity contribution in [2.45, 2.75) is 189 Å². The van der Waals surface area contributed by atoms with E-state index in [1.807, 2.05) is 80.5 Å². The van der Waals surface area contributed by atoms with E-state index in [2.05, 4.69) is 15.6 Å². The topological polar surface area (TPSA) is 460 Å². The Morgan fingerprint density at radius 3 is 1.98 bits per heavy atom. The zero-order chi connectivity index (χ0) is 66.7. The minimum Gasteiger partial charge on any atom is -0.394 e. The predicted molar refractivity (Wildman–Crippen MR) is 334 cm³/mol. The van der Waals surface area contributed by atoms with Crippen molar-refractivity contribution in [2.24, 2.45) is 94.7 Å². The molecule has 0 radical (unpaired) electrons. The number of imidazole rings is 1. The lowest BCUT2D eigenvalue weighted by Crippen LogP contribution is -2.59. The fourth-order valence-corrected chi connectivity index (χ4v) is 16.8. The Bertz CT molecular complexity index is 3540. The molecule has 1 aromatic carbocycles. The Kier molecular flexibility index (Phi) is 19.6. The number of fused-ring (bicyclic) bond motifs is 7. The standard InChI is InChI=1S/C62H90N13O14P/c1-29-20-39-40(21-30(29)2)75(28-70-39)56-53(84)54(41(27-76)87-56)89-90(85,86)88-31(3)26-69-49(83)18-19-62(25-48(68)82)34(6)50-32(4)51-36(13-16-44(64)78)58(7,8)42(72-51)22-38-35(12-15-43(63)77)59(9,23-46(66)80)55(71-38)33(5)52-37(14-17-45(65)79)60(10,24-47(67)81)61(11,74-52)57(62)73-50/h20-22,28,31,34-37,41,53-54,56-57,71,76,84H,12-19,23-27H2,1-11H3,(H2,63,77)(H2,64,78)(H2,65,79)(H2,66,80)(H2,67,81)(H2,68,82)(H,69,83)(H,85,86)/b38-22?,51-32?,55-33-/t31?,34-,35+,36+,37+,41+,53+,54+,56-,57?,59-,60-,61+,62+/m0/s1. The third-order valence-electron chi connectivity index (χ3n) is 20.7. The van der Waals surface area contributed by atoms with Crippen molar-refractivity contribution in [1.82, 2.24) is 20.2 Å². The first-order chi connectivity index (χ1) is 41.9. The summed E-state index contributed by atoms with van der Waals surface area (Å²) in [4.78, 5) is 126. The molecule has 15 atom stereocenters. The predicted octanol–water partition coefficient (Wildman–Crippen LogP) is 3.16. The van der Waals surface area contributed by atoms with E-state index in [0.29, 0.717) is 56.4 Å². The monoisotopic (exact) mass is 1270 g/mol. The van der Waals surface area contributed by atoms with Gasteiger partial charge in [-0.25, -0.2) is 9.55 Å². The summed E-state index contributed by atoms with van der Waals surface area (Å²) in [5.74, 6) is -7.14. The molecule has 7 amide bonds. The number of ether oxygens (including phenoxy) is 1. The van der Waals surface area contributed by atoms with Crippen LogP contribution in [-0.2, 0) is 51.9 Å². The fourth-order valence-electron chi connectivity index (χ4n) is 15.6. The van der Waals surface area contributed by atoms with E-state index < -0.39 is 143 Å². The van der Waals surface area contributed by atoms with Crippen LogP contribution in [0, 0.1) is 59.2 Å². The van der Waals surface area contributed by atoms with Gasteiger partial charge in [-0.05, 0) is 108 Å². The molecule has 90 heavy (non-hydrogen) atoms. The summed E-state index contributed by atoms with van der Waals surface area (Å²) in [5, 5.41) is 28.2. The number of amides is 7. The number of primary amides is 6. The summed E-state index contributed by atoms with van der Waals surface area (Å²) >= 11 is 0. The number of aliphatic hydroxyl groups excluding tert-OH is 2. The van der Waals surface area contributed by atoms with Gasteiger partial charge >= 0.3 is 7.82 Å². The molecule has 0 aliphatic carbocycles. The SMILES string of the molecule is CC1=C2N=C(C=C3N/C(=C(/C)C4=N[C@](C)(C5N=C1[C@H](C)[C@@]5(CCC(=O)NCC(C)OP(=O)(O)O[C@H]1[C@@H](O)[C@@H](n5cnc6cc(C)c(C)cc65)O[C@@H]1CO)CC(N)=O)[C@@](C)(CC(N)=O)[C@@H]4CCC(N)=O)[C@@](C)(CC(N)=O)[C@@H]3CCC(N)=O)C(C)(C)[C@@H]2CCC(N)=O. The highest BCUT2D eigenvalue weighted by Crippen LogP contribution is 2.64. The highest BCUT2D eigenvalue weighted by atomic mass is 31.2. The van der Waals surface area contributed by atoms with Crippen molar-refractivity contribution in [3.8, 4) is 0 Å². The molecule has 6 aliphatic heterocycles.